The van der Waals surface area contributed by atoms with E-state index in [9.17, 15) is 9.18 Å². The van der Waals surface area contributed by atoms with Crippen LogP contribution in [0.4, 0.5) is 4.39 Å². The van der Waals surface area contributed by atoms with Gasteiger partial charge in [0.25, 0.3) is 0 Å². The number of hydrogen-bond donors (Lipinski definition) is 1. The molecule has 1 aliphatic heterocycles. The molecule has 6 heteroatoms. The highest BCUT2D eigenvalue weighted by molar-refractivity contribution is 7.99. The molecule has 1 saturated heterocycles. The van der Waals surface area contributed by atoms with E-state index in [1.807, 2.05) is 0 Å². The summed E-state index contributed by atoms with van der Waals surface area (Å²) in [6, 6.07) is 6.43. The summed E-state index contributed by atoms with van der Waals surface area (Å²) in [5.41, 5.74) is 1.04. The molecular weight excluding hydrogens is 313 g/mol. The number of carbonyl (C=O) groups is 1. The molecule has 1 fully saturated rings. The van der Waals surface area contributed by atoms with Crippen molar-refractivity contribution in [1.29, 1.82) is 0 Å². The summed E-state index contributed by atoms with van der Waals surface area (Å²) in [5.74, 6) is 1.04. The molecule has 0 unspecified atom stereocenters. The van der Waals surface area contributed by atoms with Crippen LogP contribution in [0.2, 0.25) is 0 Å². The van der Waals surface area contributed by atoms with Crippen molar-refractivity contribution in [3.05, 3.63) is 35.6 Å². The van der Waals surface area contributed by atoms with E-state index >= 15 is 0 Å². The van der Waals surface area contributed by atoms with Crippen molar-refractivity contribution in [3.8, 4) is 0 Å². The molecule has 1 heterocycles. The molecule has 1 aliphatic rings. The van der Waals surface area contributed by atoms with Gasteiger partial charge in [-0.15, -0.1) is 11.8 Å². The molecular formula is C17H26FN3OS. The molecule has 1 aromatic carbocycles. The highest BCUT2D eigenvalue weighted by Gasteiger charge is 2.12. The Kier molecular flexibility index (Phi) is 7.85. The standard InChI is InChI=1S/C17H26FN3OS/c1-20-9-11-21(12-10-20)8-2-7-19-17(22)14-23-13-15-3-5-16(18)6-4-15/h3-6H,2,7-14H2,1H3,(H,19,22). The van der Waals surface area contributed by atoms with Crippen LogP contribution in [0.15, 0.2) is 24.3 Å². The number of nitrogens with one attached hydrogen (secondary N) is 1. The normalized spacial score (nSPS) is 16.4. The van der Waals surface area contributed by atoms with Crippen molar-refractivity contribution in [3.63, 3.8) is 0 Å². The maximum Gasteiger partial charge on any atom is 0.230 e. The molecule has 0 spiro atoms. The van der Waals surface area contributed by atoms with Crippen molar-refractivity contribution in [2.75, 3.05) is 52.1 Å². The lowest BCUT2D eigenvalue weighted by Gasteiger charge is -2.32. The zero-order valence-corrected chi connectivity index (χ0v) is 14.6. The summed E-state index contributed by atoms with van der Waals surface area (Å²) in [6.45, 7) is 6.30. The second kappa shape index (κ2) is 9.90. The number of piperazine rings is 1. The summed E-state index contributed by atoms with van der Waals surface area (Å²) in [4.78, 5) is 16.6. The van der Waals surface area contributed by atoms with Crippen molar-refractivity contribution >= 4 is 17.7 Å². The van der Waals surface area contributed by atoms with E-state index in [0.29, 0.717) is 5.75 Å². The third-order valence-electron chi connectivity index (χ3n) is 3.98. The Hall–Kier alpha value is -1.11. The molecule has 0 atom stereocenters. The lowest BCUT2D eigenvalue weighted by atomic mass is 10.2. The predicted molar refractivity (Wildman–Crippen MR) is 94.1 cm³/mol. The number of nitrogens with zero attached hydrogens (tertiary/aromatic N) is 2. The van der Waals surface area contributed by atoms with Gasteiger partial charge >= 0.3 is 0 Å². The topological polar surface area (TPSA) is 35.6 Å². The summed E-state index contributed by atoms with van der Waals surface area (Å²) < 4.78 is 12.8. The van der Waals surface area contributed by atoms with E-state index in [-0.39, 0.29) is 11.7 Å². The number of thioether (sulfide) groups is 1. The Balaban J connectivity index is 1.49. The van der Waals surface area contributed by atoms with Crippen molar-refractivity contribution < 1.29 is 9.18 Å². The number of benzene rings is 1. The van der Waals surface area contributed by atoms with E-state index < -0.39 is 0 Å². The Bertz CT molecular complexity index is 475. The fourth-order valence-electron chi connectivity index (χ4n) is 2.50. The van der Waals surface area contributed by atoms with Crippen LogP contribution in [-0.4, -0.2) is 67.8 Å². The van der Waals surface area contributed by atoms with Gasteiger partial charge in [0.15, 0.2) is 0 Å². The monoisotopic (exact) mass is 339 g/mol. The first-order valence-electron chi connectivity index (χ1n) is 8.13. The van der Waals surface area contributed by atoms with Crippen LogP contribution in [0.5, 0.6) is 0 Å². The number of amides is 1. The molecule has 0 aromatic heterocycles. The minimum absolute atomic E-state index is 0.0792. The van der Waals surface area contributed by atoms with E-state index in [4.69, 9.17) is 0 Å². The van der Waals surface area contributed by atoms with E-state index in [1.54, 1.807) is 23.9 Å². The number of carbonyl (C=O) groups excluding carboxylic acids is 1. The van der Waals surface area contributed by atoms with Crippen LogP contribution in [-0.2, 0) is 10.5 Å². The fourth-order valence-corrected chi connectivity index (χ4v) is 3.31. The summed E-state index contributed by atoms with van der Waals surface area (Å²) in [7, 11) is 2.15. The molecule has 4 nitrogen and oxygen atoms in total. The highest BCUT2D eigenvalue weighted by Crippen LogP contribution is 2.12. The van der Waals surface area contributed by atoms with Crippen LogP contribution in [0.25, 0.3) is 0 Å². The first kappa shape index (κ1) is 18.2. The molecule has 0 saturated carbocycles. The van der Waals surface area contributed by atoms with E-state index in [0.717, 1.165) is 57.0 Å². The largest absolute Gasteiger partial charge is 0.355 e. The first-order chi connectivity index (χ1) is 11.1. The van der Waals surface area contributed by atoms with Gasteiger partial charge in [0.1, 0.15) is 5.82 Å². The zero-order chi connectivity index (χ0) is 16.5. The Morgan fingerprint density at radius 1 is 1.22 bits per heavy atom. The summed E-state index contributed by atoms with van der Waals surface area (Å²) in [6.07, 6.45) is 0.998. The smallest absolute Gasteiger partial charge is 0.230 e. The molecule has 23 heavy (non-hydrogen) atoms. The molecule has 0 aliphatic carbocycles. The minimum atomic E-state index is -0.225. The average Bonchev–Trinajstić information content (AvgIpc) is 2.55. The van der Waals surface area contributed by atoms with Gasteiger partial charge in [-0.3, -0.25) is 4.79 Å². The maximum atomic E-state index is 12.8. The van der Waals surface area contributed by atoms with E-state index in [2.05, 4.69) is 22.2 Å². The zero-order valence-electron chi connectivity index (χ0n) is 13.8. The second-order valence-electron chi connectivity index (χ2n) is 5.97. The van der Waals surface area contributed by atoms with Gasteiger partial charge in [-0.05, 0) is 37.7 Å². The van der Waals surface area contributed by atoms with Gasteiger partial charge in [-0.1, -0.05) is 12.1 Å². The minimum Gasteiger partial charge on any atom is -0.355 e. The Morgan fingerprint density at radius 3 is 2.61 bits per heavy atom. The van der Waals surface area contributed by atoms with Gasteiger partial charge in [0, 0.05) is 38.5 Å². The molecule has 0 bridgehead atoms. The molecule has 128 valence electrons. The average molecular weight is 339 g/mol. The first-order valence-corrected chi connectivity index (χ1v) is 9.29. The maximum absolute atomic E-state index is 12.8. The third kappa shape index (κ3) is 7.33. The predicted octanol–water partition coefficient (Wildman–Crippen LogP) is 1.81. The quantitative estimate of drug-likeness (QED) is 0.733. The molecule has 1 N–H and O–H groups in total. The fraction of sp³-hybridized carbons (Fsp3) is 0.588. The van der Waals surface area contributed by atoms with Crippen LogP contribution >= 0.6 is 11.8 Å². The second-order valence-corrected chi connectivity index (χ2v) is 6.95. The third-order valence-corrected chi connectivity index (χ3v) is 4.99. The number of rotatable bonds is 8. The van der Waals surface area contributed by atoms with Crippen LogP contribution in [0.3, 0.4) is 0 Å². The molecule has 0 radical (unpaired) electrons. The lowest BCUT2D eigenvalue weighted by Crippen LogP contribution is -2.45. The van der Waals surface area contributed by atoms with Gasteiger partial charge in [0.2, 0.25) is 5.91 Å². The van der Waals surface area contributed by atoms with Crippen LogP contribution in [0, 0.1) is 5.82 Å². The molecule has 1 amide bonds. The van der Waals surface area contributed by atoms with Crippen LogP contribution < -0.4 is 5.32 Å². The van der Waals surface area contributed by atoms with Gasteiger partial charge in [-0.2, -0.15) is 0 Å². The number of likely N-dealkylation sites (N-methyl/N-ethyl adjacent to an activating group) is 1. The highest BCUT2D eigenvalue weighted by atomic mass is 32.2. The summed E-state index contributed by atoms with van der Waals surface area (Å²) >= 11 is 1.56. The van der Waals surface area contributed by atoms with Gasteiger partial charge < -0.3 is 15.1 Å². The van der Waals surface area contributed by atoms with Crippen molar-refractivity contribution in [2.24, 2.45) is 0 Å². The molecule has 2 rings (SSSR count). The lowest BCUT2D eigenvalue weighted by molar-refractivity contribution is -0.118. The molecule has 1 aromatic rings. The number of hydrogen-bond acceptors (Lipinski definition) is 4. The van der Waals surface area contributed by atoms with Crippen molar-refractivity contribution in [1.82, 2.24) is 15.1 Å². The van der Waals surface area contributed by atoms with Gasteiger partial charge in [-0.25, -0.2) is 4.39 Å². The Morgan fingerprint density at radius 2 is 1.91 bits per heavy atom. The van der Waals surface area contributed by atoms with Gasteiger partial charge in [0.05, 0.1) is 5.75 Å². The van der Waals surface area contributed by atoms with E-state index in [1.165, 1.54) is 12.1 Å². The summed E-state index contributed by atoms with van der Waals surface area (Å²) in [5, 5.41) is 2.97. The van der Waals surface area contributed by atoms with Crippen LogP contribution in [0.1, 0.15) is 12.0 Å². The Labute approximate surface area is 142 Å². The SMILES string of the molecule is CN1CCN(CCCNC(=O)CSCc2ccc(F)cc2)CC1. The number of halogens is 1. The van der Waals surface area contributed by atoms with Crippen molar-refractivity contribution in [2.45, 2.75) is 12.2 Å².